The molecule has 0 saturated carbocycles. The highest BCUT2D eigenvalue weighted by molar-refractivity contribution is 7.10. The Bertz CT molecular complexity index is 433. The van der Waals surface area contributed by atoms with E-state index in [0.29, 0.717) is 6.04 Å². The van der Waals surface area contributed by atoms with Crippen molar-refractivity contribution in [2.45, 2.75) is 26.4 Å². The van der Waals surface area contributed by atoms with Gasteiger partial charge in [0.15, 0.2) is 0 Å². The summed E-state index contributed by atoms with van der Waals surface area (Å²) in [6.45, 7) is 5.33. The van der Waals surface area contributed by atoms with Crippen LogP contribution in [0.25, 0.3) is 0 Å². The first-order valence-electron chi connectivity index (χ1n) is 5.58. The molecule has 1 heterocycles. The van der Waals surface area contributed by atoms with Crippen molar-refractivity contribution in [3.8, 4) is 0 Å². The zero-order valence-corrected chi connectivity index (χ0v) is 10.6. The fourth-order valence-electron chi connectivity index (χ4n) is 1.79. The second kappa shape index (κ2) is 5.28. The predicted molar refractivity (Wildman–Crippen MR) is 70.8 cm³/mol. The molecule has 16 heavy (non-hydrogen) atoms. The zero-order valence-electron chi connectivity index (χ0n) is 9.73. The van der Waals surface area contributed by atoms with E-state index in [9.17, 15) is 0 Å². The molecule has 1 unspecified atom stereocenters. The number of hydrogen-bond acceptors (Lipinski definition) is 2. The molecule has 0 fully saturated rings. The number of nitrogens with one attached hydrogen (secondary N) is 1. The van der Waals surface area contributed by atoms with Crippen molar-refractivity contribution in [3.05, 3.63) is 57.8 Å². The van der Waals surface area contributed by atoms with E-state index in [2.05, 4.69) is 60.9 Å². The van der Waals surface area contributed by atoms with Gasteiger partial charge in [0.05, 0.1) is 0 Å². The van der Waals surface area contributed by atoms with E-state index >= 15 is 0 Å². The fraction of sp³-hybridized carbons (Fsp3) is 0.286. The van der Waals surface area contributed by atoms with Crippen molar-refractivity contribution in [2.24, 2.45) is 0 Å². The molecular weight excluding hydrogens is 214 g/mol. The molecule has 2 heteroatoms. The second-order valence-corrected chi connectivity index (χ2v) is 5.00. The van der Waals surface area contributed by atoms with Gasteiger partial charge in [-0.1, -0.05) is 30.3 Å². The van der Waals surface area contributed by atoms with Crippen LogP contribution in [0, 0.1) is 6.92 Å². The molecule has 0 bridgehead atoms. The van der Waals surface area contributed by atoms with E-state index in [1.807, 2.05) is 11.3 Å². The van der Waals surface area contributed by atoms with Crippen LogP contribution in [0.4, 0.5) is 0 Å². The van der Waals surface area contributed by atoms with Gasteiger partial charge >= 0.3 is 0 Å². The Morgan fingerprint density at radius 3 is 2.56 bits per heavy atom. The van der Waals surface area contributed by atoms with Crippen LogP contribution in [0.2, 0.25) is 0 Å². The van der Waals surface area contributed by atoms with Crippen molar-refractivity contribution < 1.29 is 0 Å². The van der Waals surface area contributed by atoms with Gasteiger partial charge in [-0.05, 0) is 36.4 Å². The normalized spacial score (nSPS) is 12.6. The molecule has 84 valence electrons. The highest BCUT2D eigenvalue weighted by Gasteiger charge is 2.08. The Morgan fingerprint density at radius 2 is 1.94 bits per heavy atom. The number of hydrogen-bond donors (Lipinski definition) is 1. The predicted octanol–water partition coefficient (Wildman–Crippen LogP) is 3.91. The second-order valence-electron chi connectivity index (χ2n) is 4.06. The summed E-state index contributed by atoms with van der Waals surface area (Å²) in [7, 11) is 0. The number of rotatable bonds is 4. The van der Waals surface area contributed by atoms with Crippen LogP contribution in [-0.4, -0.2) is 0 Å². The maximum absolute atomic E-state index is 3.55. The van der Waals surface area contributed by atoms with Crippen LogP contribution in [0.15, 0.2) is 41.8 Å². The molecule has 0 radical (unpaired) electrons. The largest absolute Gasteiger partial charge is 0.305 e. The fourth-order valence-corrected chi connectivity index (χ4v) is 2.75. The summed E-state index contributed by atoms with van der Waals surface area (Å²) in [6, 6.07) is 13.1. The third-order valence-electron chi connectivity index (χ3n) is 2.75. The van der Waals surface area contributed by atoms with Gasteiger partial charge in [-0.3, -0.25) is 0 Å². The maximum Gasteiger partial charge on any atom is 0.0391 e. The lowest BCUT2D eigenvalue weighted by Gasteiger charge is -2.13. The number of benzene rings is 1. The highest BCUT2D eigenvalue weighted by Crippen LogP contribution is 2.23. The minimum Gasteiger partial charge on any atom is -0.305 e. The molecule has 2 rings (SSSR count). The van der Waals surface area contributed by atoms with Gasteiger partial charge in [0.2, 0.25) is 0 Å². The van der Waals surface area contributed by atoms with Crippen LogP contribution in [-0.2, 0) is 6.54 Å². The average Bonchev–Trinajstić information content (AvgIpc) is 2.74. The number of thiophene rings is 1. The lowest BCUT2D eigenvalue weighted by molar-refractivity contribution is 0.581. The van der Waals surface area contributed by atoms with E-state index in [1.54, 1.807) is 0 Å². The van der Waals surface area contributed by atoms with Gasteiger partial charge in [0.25, 0.3) is 0 Å². The van der Waals surface area contributed by atoms with Gasteiger partial charge < -0.3 is 5.32 Å². The van der Waals surface area contributed by atoms with E-state index in [-0.39, 0.29) is 0 Å². The van der Waals surface area contributed by atoms with E-state index < -0.39 is 0 Å². The summed E-state index contributed by atoms with van der Waals surface area (Å²) in [5, 5.41) is 5.71. The van der Waals surface area contributed by atoms with Gasteiger partial charge in [-0.2, -0.15) is 0 Å². The minimum atomic E-state index is 0.431. The molecule has 1 N–H and O–H groups in total. The number of aryl methyl sites for hydroxylation is 1. The molecule has 1 aromatic carbocycles. The van der Waals surface area contributed by atoms with Crippen molar-refractivity contribution in [2.75, 3.05) is 0 Å². The van der Waals surface area contributed by atoms with E-state index in [0.717, 1.165) is 6.54 Å². The molecule has 0 aliphatic heterocycles. The molecule has 1 atom stereocenters. The van der Waals surface area contributed by atoms with Gasteiger partial charge in [0.1, 0.15) is 0 Å². The summed E-state index contributed by atoms with van der Waals surface area (Å²) in [5.41, 5.74) is 2.72. The van der Waals surface area contributed by atoms with Crippen molar-refractivity contribution >= 4 is 11.3 Å². The Hall–Kier alpha value is -1.12. The standard InChI is InChI=1S/C14H17NS/c1-11-8-9-16-14(11)12(2)15-10-13-6-4-3-5-7-13/h3-9,12,15H,10H2,1-2H3. The Morgan fingerprint density at radius 1 is 1.19 bits per heavy atom. The molecular formula is C14H17NS. The van der Waals surface area contributed by atoms with Crippen molar-refractivity contribution in [1.82, 2.24) is 5.32 Å². The smallest absolute Gasteiger partial charge is 0.0391 e. The summed E-state index contributed by atoms with van der Waals surface area (Å²) in [6.07, 6.45) is 0. The highest BCUT2D eigenvalue weighted by atomic mass is 32.1. The molecule has 1 aromatic heterocycles. The quantitative estimate of drug-likeness (QED) is 0.841. The maximum atomic E-state index is 3.55. The lowest BCUT2D eigenvalue weighted by atomic mass is 10.1. The van der Waals surface area contributed by atoms with Crippen LogP contribution >= 0.6 is 11.3 Å². The van der Waals surface area contributed by atoms with Crippen LogP contribution < -0.4 is 5.32 Å². The van der Waals surface area contributed by atoms with E-state index in [1.165, 1.54) is 16.0 Å². The Kier molecular flexibility index (Phi) is 3.75. The summed E-state index contributed by atoms with van der Waals surface area (Å²) >= 11 is 1.83. The van der Waals surface area contributed by atoms with Gasteiger partial charge in [-0.15, -0.1) is 11.3 Å². The summed E-state index contributed by atoms with van der Waals surface area (Å²) in [4.78, 5) is 1.44. The monoisotopic (exact) mass is 231 g/mol. The SMILES string of the molecule is Cc1ccsc1C(C)NCc1ccccc1. The van der Waals surface area contributed by atoms with Crippen LogP contribution in [0.5, 0.6) is 0 Å². The molecule has 2 aromatic rings. The first kappa shape index (κ1) is 11.4. The summed E-state index contributed by atoms with van der Waals surface area (Å²) in [5.74, 6) is 0. The molecule has 0 aliphatic rings. The first-order chi connectivity index (χ1) is 7.77. The molecule has 0 spiro atoms. The van der Waals surface area contributed by atoms with E-state index in [4.69, 9.17) is 0 Å². The van der Waals surface area contributed by atoms with Gasteiger partial charge in [0, 0.05) is 17.5 Å². The third kappa shape index (κ3) is 2.71. The Balaban J connectivity index is 1.94. The average molecular weight is 231 g/mol. The molecule has 0 amide bonds. The van der Waals surface area contributed by atoms with Gasteiger partial charge in [-0.25, -0.2) is 0 Å². The minimum absolute atomic E-state index is 0.431. The first-order valence-corrected chi connectivity index (χ1v) is 6.46. The van der Waals surface area contributed by atoms with Crippen LogP contribution in [0.3, 0.4) is 0 Å². The molecule has 0 saturated heterocycles. The van der Waals surface area contributed by atoms with Crippen LogP contribution in [0.1, 0.15) is 29.0 Å². The topological polar surface area (TPSA) is 12.0 Å². The van der Waals surface area contributed by atoms with Crippen molar-refractivity contribution in [1.29, 1.82) is 0 Å². The summed E-state index contributed by atoms with van der Waals surface area (Å²) < 4.78 is 0. The van der Waals surface area contributed by atoms with Crippen molar-refractivity contribution in [3.63, 3.8) is 0 Å². The lowest BCUT2D eigenvalue weighted by Crippen LogP contribution is -2.17. The molecule has 1 nitrogen and oxygen atoms in total. The molecule has 0 aliphatic carbocycles. The third-order valence-corrected chi connectivity index (χ3v) is 3.95. The zero-order chi connectivity index (χ0) is 11.4. The Labute approximate surface area is 101 Å².